The Morgan fingerprint density at radius 2 is 2.10 bits per heavy atom. The van der Waals surface area contributed by atoms with Crippen LogP contribution in [0.25, 0.3) is 0 Å². The molecular weight excluding hydrogens is 264 g/mol. The van der Waals surface area contributed by atoms with E-state index in [-0.39, 0.29) is 11.4 Å². The highest BCUT2D eigenvalue weighted by Crippen LogP contribution is 2.21. The Hall–Kier alpha value is -2.64. The molecule has 0 spiro atoms. The third-order valence-electron chi connectivity index (χ3n) is 2.81. The minimum atomic E-state index is -0.625. The van der Waals surface area contributed by atoms with E-state index in [4.69, 9.17) is 4.52 Å². The molecule has 0 unspecified atom stereocenters. The molecule has 0 saturated carbocycles. The topological polar surface area (TPSA) is 99.2 Å². The third-order valence-corrected chi connectivity index (χ3v) is 2.81. The number of ether oxygens (including phenoxy) is 1. The van der Waals surface area contributed by atoms with Crippen LogP contribution < -0.4 is 5.32 Å². The molecule has 2 aromatic heterocycles. The molecule has 106 valence electrons. The Balaban J connectivity index is 2.33. The van der Waals surface area contributed by atoms with E-state index in [0.717, 1.165) is 0 Å². The largest absolute Gasteiger partial charge is 0.464 e. The smallest absolute Gasteiger partial charge is 0.360 e. The predicted octanol–water partition coefficient (Wildman–Crippen LogP) is 1.06. The first-order chi connectivity index (χ1) is 9.43. The van der Waals surface area contributed by atoms with Crippen molar-refractivity contribution in [1.82, 2.24) is 14.9 Å². The zero-order chi connectivity index (χ0) is 14.9. The van der Waals surface area contributed by atoms with Crippen LogP contribution in [0.2, 0.25) is 0 Å². The fraction of sp³-hybridized carbons (Fsp3) is 0.333. The number of aryl methyl sites for hydroxylation is 2. The first kappa shape index (κ1) is 13.8. The molecule has 0 bridgehead atoms. The Bertz CT molecular complexity index is 671. The number of esters is 1. The van der Waals surface area contributed by atoms with Crippen molar-refractivity contribution in [2.24, 2.45) is 7.05 Å². The molecule has 0 aliphatic heterocycles. The van der Waals surface area contributed by atoms with E-state index in [1.165, 1.54) is 17.9 Å². The summed E-state index contributed by atoms with van der Waals surface area (Å²) in [6.45, 7) is 3.40. The average Bonchev–Trinajstić information content (AvgIpc) is 2.97. The normalized spacial score (nSPS) is 10.4. The van der Waals surface area contributed by atoms with Crippen LogP contribution in [0.4, 0.5) is 5.69 Å². The van der Waals surface area contributed by atoms with Gasteiger partial charge >= 0.3 is 5.97 Å². The summed E-state index contributed by atoms with van der Waals surface area (Å²) >= 11 is 0. The molecule has 20 heavy (non-hydrogen) atoms. The van der Waals surface area contributed by atoms with Gasteiger partial charge in [0.1, 0.15) is 5.76 Å². The van der Waals surface area contributed by atoms with Gasteiger partial charge in [-0.2, -0.15) is 5.10 Å². The molecule has 0 atom stereocenters. The number of hydrogen-bond donors (Lipinski definition) is 1. The molecule has 8 heteroatoms. The first-order valence-electron chi connectivity index (χ1n) is 5.80. The molecule has 1 amide bonds. The minimum Gasteiger partial charge on any atom is -0.464 e. The van der Waals surface area contributed by atoms with Crippen LogP contribution in [0.1, 0.15) is 32.4 Å². The van der Waals surface area contributed by atoms with Crippen LogP contribution in [-0.2, 0) is 11.8 Å². The van der Waals surface area contributed by atoms with Gasteiger partial charge in [-0.3, -0.25) is 9.48 Å². The Morgan fingerprint density at radius 3 is 2.65 bits per heavy atom. The summed E-state index contributed by atoms with van der Waals surface area (Å²) in [7, 11) is 2.91. The SMILES string of the molecule is COC(=O)c1nn(C)c(C)c1NC(=O)c1cc(C)on1. The second-order valence-corrected chi connectivity index (χ2v) is 4.20. The molecule has 0 fully saturated rings. The zero-order valence-electron chi connectivity index (χ0n) is 11.6. The molecule has 1 N–H and O–H groups in total. The summed E-state index contributed by atoms with van der Waals surface area (Å²) in [6, 6.07) is 1.50. The summed E-state index contributed by atoms with van der Waals surface area (Å²) < 4.78 is 11.0. The van der Waals surface area contributed by atoms with Gasteiger partial charge in [0, 0.05) is 13.1 Å². The van der Waals surface area contributed by atoms with E-state index in [0.29, 0.717) is 17.1 Å². The van der Waals surface area contributed by atoms with Crippen molar-refractivity contribution in [1.29, 1.82) is 0 Å². The second-order valence-electron chi connectivity index (χ2n) is 4.20. The van der Waals surface area contributed by atoms with Gasteiger partial charge in [0.25, 0.3) is 5.91 Å². The summed E-state index contributed by atoms with van der Waals surface area (Å²) in [4.78, 5) is 23.7. The van der Waals surface area contributed by atoms with E-state index >= 15 is 0 Å². The van der Waals surface area contributed by atoms with E-state index in [2.05, 4.69) is 20.3 Å². The van der Waals surface area contributed by atoms with Crippen molar-refractivity contribution < 1.29 is 18.8 Å². The fourth-order valence-electron chi connectivity index (χ4n) is 1.65. The van der Waals surface area contributed by atoms with Gasteiger partial charge in [0.05, 0.1) is 18.5 Å². The number of aromatic nitrogens is 3. The summed E-state index contributed by atoms with van der Waals surface area (Å²) in [5, 5.41) is 10.2. The van der Waals surface area contributed by atoms with Gasteiger partial charge in [-0.25, -0.2) is 4.79 Å². The number of hydrogen-bond acceptors (Lipinski definition) is 6. The lowest BCUT2D eigenvalue weighted by atomic mass is 10.2. The van der Waals surface area contributed by atoms with Crippen LogP contribution in [0.3, 0.4) is 0 Å². The fourth-order valence-corrected chi connectivity index (χ4v) is 1.65. The van der Waals surface area contributed by atoms with Crippen molar-refractivity contribution in [2.45, 2.75) is 13.8 Å². The van der Waals surface area contributed by atoms with Crippen molar-refractivity contribution in [2.75, 3.05) is 12.4 Å². The zero-order valence-corrected chi connectivity index (χ0v) is 11.6. The van der Waals surface area contributed by atoms with Crippen LogP contribution in [0, 0.1) is 13.8 Å². The molecule has 0 aliphatic rings. The number of carbonyl (C=O) groups excluding carboxylic acids is 2. The molecular formula is C12H14N4O4. The van der Waals surface area contributed by atoms with Gasteiger partial charge in [-0.15, -0.1) is 0 Å². The quantitative estimate of drug-likeness (QED) is 0.843. The van der Waals surface area contributed by atoms with E-state index in [9.17, 15) is 9.59 Å². The van der Waals surface area contributed by atoms with Crippen LogP contribution >= 0.6 is 0 Å². The van der Waals surface area contributed by atoms with Gasteiger partial charge in [0.15, 0.2) is 11.4 Å². The number of anilines is 1. The lowest BCUT2D eigenvalue weighted by molar-refractivity contribution is 0.0594. The van der Waals surface area contributed by atoms with E-state index < -0.39 is 11.9 Å². The molecule has 0 aromatic carbocycles. The highest BCUT2D eigenvalue weighted by atomic mass is 16.5. The molecule has 2 rings (SSSR count). The van der Waals surface area contributed by atoms with Crippen LogP contribution in [0.15, 0.2) is 10.6 Å². The van der Waals surface area contributed by atoms with E-state index in [1.54, 1.807) is 20.9 Å². The number of amides is 1. The number of nitrogens with one attached hydrogen (secondary N) is 1. The predicted molar refractivity (Wildman–Crippen MR) is 68.5 cm³/mol. The molecule has 2 heterocycles. The average molecular weight is 278 g/mol. The lowest BCUT2D eigenvalue weighted by Crippen LogP contribution is -2.15. The Morgan fingerprint density at radius 1 is 1.40 bits per heavy atom. The maximum Gasteiger partial charge on any atom is 0.360 e. The maximum atomic E-state index is 12.0. The summed E-state index contributed by atoms with van der Waals surface area (Å²) in [5.41, 5.74) is 1.09. The van der Waals surface area contributed by atoms with Crippen LogP contribution in [-0.4, -0.2) is 33.9 Å². The molecule has 0 radical (unpaired) electrons. The number of nitrogens with zero attached hydrogens (tertiary/aromatic N) is 3. The molecule has 8 nitrogen and oxygen atoms in total. The Kier molecular flexibility index (Phi) is 3.55. The first-order valence-corrected chi connectivity index (χ1v) is 5.80. The van der Waals surface area contributed by atoms with Gasteiger partial charge in [0.2, 0.25) is 0 Å². The molecule has 2 aromatic rings. The van der Waals surface area contributed by atoms with Gasteiger partial charge in [-0.05, 0) is 13.8 Å². The van der Waals surface area contributed by atoms with Crippen molar-refractivity contribution >= 4 is 17.6 Å². The third kappa shape index (κ3) is 2.40. The second kappa shape index (κ2) is 5.16. The molecule has 0 aliphatic carbocycles. The Labute approximate surface area is 114 Å². The number of rotatable bonds is 3. The van der Waals surface area contributed by atoms with Gasteiger partial charge in [-0.1, -0.05) is 5.16 Å². The lowest BCUT2D eigenvalue weighted by Gasteiger charge is -2.03. The summed E-state index contributed by atoms with van der Waals surface area (Å²) in [5.74, 6) is -0.588. The number of methoxy groups -OCH3 is 1. The maximum absolute atomic E-state index is 12.0. The number of carbonyl (C=O) groups is 2. The highest BCUT2D eigenvalue weighted by Gasteiger charge is 2.23. The van der Waals surface area contributed by atoms with Crippen molar-refractivity contribution in [3.63, 3.8) is 0 Å². The van der Waals surface area contributed by atoms with Gasteiger partial charge < -0.3 is 14.6 Å². The monoisotopic (exact) mass is 278 g/mol. The summed E-state index contributed by atoms with van der Waals surface area (Å²) in [6.07, 6.45) is 0. The minimum absolute atomic E-state index is 0.0427. The van der Waals surface area contributed by atoms with E-state index in [1.807, 2.05) is 0 Å². The van der Waals surface area contributed by atoms with Crippen LogP contribution in [0.5, 0.6) is 0 Å². The highest BCUT2D eigenvalue weighted by molar-refractivity contribution is 6.06. The van der Waals surface area contributed by atoms with Crippen molar-refractivity contribution in [3.05, 3.63) is 28.9 Å². The van der Waals surface area contributed by atoms with Crippen molar-refractivity contribution in [3.8, 4) is 0 Å². The molecule has 0 saturated heterocycles. The standard InChI is InChI=1S/C12H14N4O4/c1-6-5-8(15-20-6)11(17)13-9-7(2)16(3)14-10(9)12(18)19-4/h5H,1-4H3,(H,13,17).